The molecule has 0 aliphatic rings. The molecule has 0 unspecified atom stereocenters. The molecule has 0 fully saturated rings. The summed E-state index contributed by atoms with van der Waals surface area (Å²) in [4.78, 5) is 32.1. The van der Waals surface area contributed by atoms with Crippen LogP contribution in [0, 0.1) is 5.21 Å². The molecule has 8 nitrogen and oxygen atoms in total. The minimum Gasteiger partial charge on any atom is -0.618 e. The second-order valence-corrected chi connectivity index (χ2v) is 4.99. The smallest absolute Gasteiger partial charge is 0.406 e. The van der Waals surface area contributed by atoms with Crippen LogP contribution >= 0.6 is 0 Å². The van der Waals surface area contributed by atoms with Gasteiger partial charge in [0, 0.05) is 18.5 Å². The SMILES string of the molecule is COC(=O)c1c(COC(=O)c2ccncc2)nc2ccccc2[n+]1[O-]. The second-order valence-electron chi connectivity index (χ2n) is 4.99. The van der Waals surface area contributed by atoms with Gasteiger partial charge < -0.3 is 14.7 Å². The molecule has 3 aromatic rings. The molecular weight excluding hydrogens is 326 g/mol. The summed E-state index contributed by atoms with van der Waals surface area (Å²) in [6.07, 6.45) is 2.91. The Bertz CT molecular complexity index is 944. The fourth-order valence-corrected chi connectivity index (χ4v) is 2.27. The summed E-state index contributed by atoms with van der Waals surface area (Å²) in [7, 11) is 1.16. The van der Waals surface area contributed by atoms with Crippen molar-refractivity contribution in [3.63, 3.8) is 0 Å². The third-order valence-electron chi connectivity index (χ3n) is 3.47. The molecule has 8 heteroatoms. The summed E-state index contributed by atoms with van der Waals surface area (Å²) in [5.74, 6) is -1.48. The number of ether oxygens (including phenoxy) is 2. The van der Waals surface area contributed by atoms with Gasteiger partial charge >= 0.3 is 17.6 Å². The molecule has 25 heavy (non-hydrogen) atoms. The molecule has 1 aromatic carbocycles. The molecule has 0 amide bonds. The Hall–Kier alpha value is -3.55. The van der Waals surface area contributed by atoms with Crippen LogP contribution in [-0.2, 0) is 16.1 Å². The minimum atomic E-state index is -0.858. The maximum Gasteiger partial charge on any atom is 0.406 e. The van der Waals surface area contributed by atoms with Crippen LogP contribution in [0.25, 0.3) is 11.0 Å². The van der Waals surface area contributed by atoms with Crippen LogP contribution in [0.5, 0.6) is 0 Å². The van der Waals surface area contributed by atoms with Crippen LogP contribution in [0.15, 0.2) is 48.8 Å². The average Bonchev–Trinajstić information content (AvgIpc) is 2.66. The molecule has 0 atom stereocenters. The van der Waals surface area contributed by atoms with Crippen LogP contribution in [-0.4, -0.2) is 29.0 Å². The van der Waals surface area contributed by atoms with E-state index in [1.165, 1.54) is 30.6 Å². The van der Waals surface area contributed by atoms with E-state index in [4.69, 9.17) is 4.74 Å². The average molecular weight is 339 g/mol. The highest BCUT2D eigenvalue weighted by atomic mass is 16.5. The Morgan fingerprint density at radius 1 is 1.12 bits per heavy atom. The molecule has 0 aliphatic carbocycles. The first-order valence-corrected chi connectivity index (χ1v) is 7.28. The van der Waals surface area contributed by atoms with Crippen LogP contribution in [0.3, 0.4) is 0 Å². The van der Waals surface area contributed by atoms with Gasteiger partial charge in [-0.05, 0) is 18.2 Å². The first kappa shape index (κ1) is 16.3. The van der Waals surface area contributed by atoms with Gasteiger partial charge in [-0.1, -0.05) is 12.1 Å². The van der Waals surface area contributed by atoms with E-state index >= 15 is 0 Å². The normalized spacial score (nSPS) is 10.4. The number of methoxy groups -OCH3 is 1. The zero-order valence-corrected chi connectivity index (χ0v) is 13.2. The van der Waals surface area contributed by atoms with Crippen LogP contribution in [0.4, 0.5) is 0 Å². The van der Waals surface area contributed by atoms with E-state index in [-0.39, 0.29) is 23.5 Å². The van der Waals surface area contributed by atoms with Crippen molar-refractivity contribution in [2.45, 2.75) is 6.61 Å². The number of pyridine rings is 1. The fourth-order valence-electron chi connectivity index (χ4n) is 2.27. The Kier molecular flexibility index (Phi) is 4.51. The molecule has 0 N–H and O–H groups in total. The van der Waals surface area contributed by atoms with Gasteiger partial charge in [0.1, 0.15) is 12.1 Å². The van der Waals surface area contributed by atoms with Crippen molar-refractivity contribution < 1.29 is 23.8 Å². The van der Waals surface area contributed by atoms with Gasteiger partial charge in [-0.25, -0.2) is 14.6 Å². The fraction of sp³-hybridized carbons (Fsp3) is 0.118. The summed E-state index contributed by atoms with van der Waals surface area (Å²) in [5.41, 5.74) is 0.587. The van der Waals surface area contributed by atoms with Crippen LogP contribution < -0.4 is 4.73 Å². The lowest BCUT2D eigenvalue weighted by molar-refractivity contribution is -0.581. The predicted molar refractivity (Wildman–Crippen MR) is 85.4 cm³/mol. The lowest BCUT2D eigenvalue weighted by Gasteiger charge is -2.10. The third-order valence-corrected chi connectivity index (χ3v) is 3.47. The van der Waals surface area contributed by atoms with Gasteiger partial charge in [0.2, 0.25) is 5.52 Å². The largest absolute Gasteiger partial charge is 0.618 e. The van der Waals surface area contributed by atoms with E-state index in [1.54, 1.807) is 18.2 Å². The van der Waals surface area contributed by atoms with E-state index in [0.717, 1.165) is 7.11 Å². The van der Waals surface area contributed by atoms with Crippen molar-refractivity contribution >= 4 is 23.0 Å². The first-order chi connectivity index (χ1) is 12.1. The number of carbonyl (C=O) groups is 2. The van der Waals surface area contributed by atoms with Crippen molar-refractivity contribution in [2.24, 2.45) is 0 Å². The van der Waals surface area contributed by atoms with Crippen molar-refractivity contribution in [3.05, 3.63) is 71.0 Å². The number of carbonyl (C=O) groups excluding carboxylic acids is 2. The van der Waals surface area contributed by atoms with Gasteiger partial charge in [-0.3, -0.25) is 4.98 Å². The van der Waals surface area contributed by atoms with E-state index in [0.29, 0.717) is 15.8 Å². The van der Waals surface area contributed by atoms with Crippen molar-refractivity contribution in [3.8, 4) is 0 Å². The number of benzene rings is 1. The molecule has 0 radical (unpaired) electrons. The Balaban J connectivity index is 1.97. The number of hydrogen-bond donors (Lipinski definition) is 0. The standard InChI is InChI=1S/C17H13N3O5/c1-24-17(22)15-13(10-25-16(21)11-6-8-18-9-7-11)19-12-4-2-3-5-14(12)20(15)23/h2-9H,10H2,1H3. The number of nitrogens with zero attached hydrogens (tertiary/aromatic N) is 3. The summed E-state index contributed by atoms with van der Waals surface area (Å²) in [6.45, 7) is -0.349. The molecule has 0 bridgehead atoms. The van der Waals surface area contributed by atoms with Crippen LogP contribution in [0.1, 0.15) is 26.5 Å². The molecule has 2 aromatic heterocycles. The highest BCUT2D eigenvalue weighted by Crippen LogP contribution is 2.14. The summed E-state index contributed by atoms with van der Waals surface area (Å²) < 4.78 is 10.2. The summed E-state index contributed by atoms with van der Waals surface area (Å²) in [6, 6.07) is 9.51. The summed E-state index contributed by atoms with van der Waals surface area (Å²) >= 11 is 0. The number of hydrogen-bond acceptors (Lipinski definition) is 7. The highest BCUT2D eigenvalue weighted by Gasteiger charge is 2.27. The monoisotopic (exact) mass is 339 g/mol. The van der Waals surface area contributed by atoms with Crippen molar-refractivity contribution in [2.75, 3.05) is 7.11 Å². The Morgan fingerprint density at radius 2 is 1.84 bits per heavy atom. The number of esters is 2. The topological polar surface area (TPSA) is 105 Å². The Morgan fingerprint density at radius 3 is 2.56 bits per heavy atom. The molecule has 2 heterocycles. The van der Waals surface area contributed by atoms with Gasteiger partial charge in [-0.15, -0.1) is 0 Å². The maximum atomic E-state index is 12.5. The van der Waals surface area contributed by atoms with E-state index in [2.05, 4.69) is 14.7 Å². The number of rotatable bonds is 4. The maximum absolute atomic E-state index is 12.5. The molecule has 3 rings (SSSR count). The molecular formula is C17H13N3O5. The summed E-state index contributed by atoms with van der Waals surface area (Å²) in [5, 5.41) is 12.5. The lowest BCUT2D eigenvalue weighted by atomic mass is 10.2. The van der Waals surface area contributed by atoms with E-state index < -0.39 is 11.9 Å². The van der Waals surface area contributed by atoms with Crippen molar-refractivity contribution in [1.82, 2.24) is 9.97 Å². The second kappa shape index (κ2) is 6.91. The molecule has 0 spiro atoms. The number of aromatic nitrogens is 3. The Labute approximate surface area is 142 Å². The van der Waals surface area contributed by atoms with Gasteiger partial charge in [-0.2, -0.15) is 4.73 Å². The lowest BCUT2D eigenvalue weighted by Crippen LogP contribution is -2.38. The van der Waals surface area contributed by atoms with Gasteiger partial charge in [0.05, 0.1) is 12.7 Å². The quantitative estimate of drug-likeness (QED) is 0.402. The van der Waals surface area contributed by atoms with E-state index in [1.807, 2.05) is 0 Å². The van der Waals surface area contributed by atoms with Crippen LogP contribution in [0.2, 0.25) is 0 Å². The zero-order chi connectivity index (χ0) is 17.8. The molecule has 0 saturated heterocycles. The zero-order valence-electron chi connectivity index (χ0n) is 13.2. The number of para-hydroxylation sites is 2. The van der Waals surface area contributed by atoms with E-state index in [9.17, 15) is 14.8 Å². The van der Waals surface area contributed by atoms with Gasteiger partial charge in [0.25, 0.3) is 0 Å². The molecule has 0 aliphatic heterocycles. The van der Waals surface area contributed by atoms with Gasteiger partial charge in [0.15, 0.2) is 5.69 Å². The minimum absolute atomic E-state index is 0.0166. The molecule has 126 valence electrons. The molecule has 0 saturated carbocycles. The third kappa shape index (κ3) is 3.23. The van der Waals surface area contributed by atoms with Crippen molar-refractivity contribution in [1.29, 1.82) is 0 Å². The first-order valence-electron chi connectivity index (χ1n) is 7.28. The highest BCUT2D eigenvalue weighted by molar-refractivity contribution is 5.90. The predicted octanol–water partition coefficient (Wildman–Crippen LogP) is 1.41. The number of fused-ring (bicyclic) bond motifs is 1.